The predicted octanol–water partition coefficient (Wildman–Crippen LogP) is 9.28. The number of rotatable bonds is 6. The van der Waals surface area contributed by atoms with Crippen LogP contribution in [0, 0.1) is 130 Å². The van der Waals surface area contributed by atoms with Gasteiger partial charge in [-0.3, -0.25) is 9.59 Å². The Kier molecular flexibility index (Phi) is 7.83. The summed E-state index contributed by atoms with van der Waals surface area (Å²) in [5.41, 5.74) is -0.137. The second-order valence-electron chi connectivity index (χ2n) is 21.2. The van der Waals surface area contributed by atoms with Crippen LogP contribution in [0.25, 0.3) is 0 Å². The van der Waals surface area contributed by atoms with Gasteiger partial charge in [0.05, 0.1) is 11.8 Å². The molecule has 0 saturated heterocycles. The molecular weight excluding hydrogens is 620 g/mol. The molecule has 19 atom stereocenters. The first-order valence-corrected chi connectivity index (χ1v) is 22.0. The summed E-state index contributed by atoms with van der Waals surface area (Å²) in [4.78, 5) is 26.1. The van der Waals surface area contributed by atoms with Gasteiger partial charge in [-0.2, -0.15) is 0 Å². The lowest BCUT2D eigenvalue weighted by Crippen LogP contribution is -2.58. The first-order chi connectivity index (χ1) is 24.0. The average molecular weight is 689 g/mol. The van der Waals surface area contributed by atoms with Gasteiger partial charge < -0.3 is 14.2 Å². The second-order valence-corrected chi connectivity index (χ2v) is 21.2. The third kappa shape index (κ3) is 4.58. The maximum Gasteiger partial charge on any atom is 0.311 e. The molecule has 0 aromatic rings. The first-order valence-electron chi connectivity index (χ1n) is 22.0. The number of ether oxygens (including phenoxy) is 3. The number of fused-ring (bicyclic) bond motifs is 18. The summed E-state index contributed by atoms with van der Waals surface area (Å²) in [6, 6.07) is 0. The van der Waals surface area contributed by atoms with Crippen LogP contribution in [0.5, 0.6) is 0 Å². The van der Waals surface area contributed by atoms with Gasteiger partial charge in [-0.1, -0.05) is 27.7 Å². The maximum absolute atomic E-state index is 13.6. The molecule has 19 unspecified atom stereocenters. The van der Waals surface area contributed by atoms with Gasteiger partial charge in [0.15, 0.2) is 6.29 Å². The zero-order valence-corrected chi connectivity index (χ0v) is 32.3. The van der Waals surface area contributed by atoms with E-state index in [4.69, 9.17) is 14.2 Å². The minimum Gasteiger partial charge on any atom is -0.459 e. The first kappa shape index (κ1) is 33.5. The van der Waals surface area contributed by atoms with Crippen LogP contribution >= 0.6 is 0 Å². The molecule has 12 aliphatic carbocycles. The summed E-state index contributed by atoms with van der Waals surface area (Å²) in [5, 5.41) is 0. The summed E-state index contributed by atoms with van der Waals surface area (Å²) in [7, 11) is 0. The smallest absolute Gasteiger partial charge is 0.311 e. The molecular formula is C45H68O5. The van der Waals surface area contributed by atoms with Crippen LogP contribution in [0.1, 0.15) is 119 Å². The van der Waals surface area contributed by atoms with Gasteiger partial charge in [-0.15, -0.1) is 0 Å². The number of hydrogen-bond acceptors (Lipinski definition) is 5. The largest absolute Gasteiger partial charge is 0.459 e. The predicted molar refractivity (Wildman–Crippen MR) is 192 cm³/mol. The molecule has 0 aromatic heterocycles. The van der Waals surface area contributed by atoms with Crippen molar-refractivity contribution in [2.75, 3.05) is 6.61 Å². The highest BCUT2D eigenvalue weighted by Crippen LogP contribution is 2.73. The minimum atomic E-state index is -0.397. The molecule has 12 rings (SSSR count). The van der Waals surface area contributed by atoms with Crippen LogP contribution in [-0.2, 0) is 23.8 Å². The fraction of sp³-hybridized carbons (Fsp3) is 0.956. The van der Waals surface area contributed by atoms with E-state index in [-0.39, 0.29) is 29.4 Å². The van der Waals surface area contributed by atoms with Crippen molar-refractivity contribution < 1.29 is 23.8 Å². The standard InChI is InChI=1S/C26H38O2.C19H30O3/c1-12-13(2)20-11-19(12)23-16-9-21(24(20)23)22(10-16)25(27)28-26(3)17-5-14-4-15(7-17)8-18(26)6-14;1-5-21-11(4)22-19(20)16-7-12-6-15(16)18-14-8-13(17(12)18)9(2)10(14)3/h12-24H,4-11H2,1-3H3;9-18H,5-8H2,1-4H3. The molecule has 0 amide bonds. The average Bonchev–Trinajstić information content (AvgIpc) is 3.94. The lowest BCUT2D eigenvalue weighted by molar-refractivity contribution is -0.209. The molecule has 0 heterocycles. The minimum absolute atomic E-state index is 0.00961. The molecule has 278 valence electrons. The Morgan fingerprint density at radius 2 is 1.02 bits per heavy atom. The fourth-order valence-electron chi connectivity index (χ4n) is 18.1. The monoisotopic (exact) mass is 689 g/mol. The molecule has 0 N–H and O–H groups in total. The quantitative estimate of drug-likeness (QED) is 0.158. The summed E-state index contributed by atoms with van der Waals surface area (Å²) < 4.78 is 17.5. The maximum atomic E-state index is 13.6. The van der Waals surface area contributed by atoms with Crippen LogP contribution < -0.4 is 0 Å². The number of hydrogen-bond donors (Lipinski definition) is 0. The lowest BCUT2D eigenvalue weighted by Gasteiger charge is -2.59. The van der Waals surface area contributed by atoms with E-state index in [9.17, 15) is 9.59 Å². The van der Waals surface area contributed by atoms with Crippen molar-refractivity contribution >= 4 is 11.9 Å². The molecule has 12 fully saturated rings. The summed E-state index contributed by atoms with van der Waals surface area (Å²) in [6.07, 6.45) is 14.2. The number of carbonyl (C=O) groups is 2. The Labute approximate surface area is 302 Å². The molecule has 12 saturated carbocycles. The Morgan fingerprint density at radius 3 is 1.48 bits per heavy atom. The third-order valence-corrected chi connectivity index (χ3v) is 20.1. The van der Waals surface area contributed by atoms with Gasteiger partial charge in [-0.25, -0.2) is 0 Å². The van der Waals surface area contributed by atoms with Crippen molar-refractivity contribution in [1.29, 1.82) is 0 Å². The molecule has 0 aliphatic heterocycles. The van der Waals surface area contributed by atoms with Gasteiger partial charge in [0.1, 0.15) is 5.60 Å². The number of carbonyl (C=O) groups excluding carboxylic acids is 2. The van der Waals surface area contributed by atoms with Crippen LogP contribution in [0.4, 0.5) is 0 Å². The van der Waals surface area contributed by atoms with Gasteiger partial charge >= 0.3 is 11.9 Å². The van der Waals surface area contributed by atoms with Crippen molar-refractivity contribution in [3.63, 3.8) is 0 Å². The van der Waals surface area contributed by atoms with E-state index in [1.807, 2.05) is 13.8 Å². The highest BCUT2D eigenvalue weighted by atomic mass is 16.7. The van der Waals surface area contributed by atoms with Crippen molar-refractivity contribution in [1.82, 2.24) is 0 Å². The van der Waals surface area contributed by atoms with Crippen molar-refractivity contribution in [3.8, 4) is 0 Å². The van der Waals surface area contributed by atoms with Crippen LogP contribution in [0.3, 0.4) is 0 Å². The second kappa shape index (κ2) is 11.7. The van der Waals surface area contributed by atoms with Gasteiger partial charge in [-0.05, 0) is 210 Å². The highest BCUT2D eigenvalue weighted by molar-refractivity contribution is 5.74. The fourth-order valence-corrected chi connectivity index (χ4v) is 18.1. The van der Waals surface area contributed by atoms with Crippen LogP contribution in [-0.4, -0.2) is 30.4 Å². The summed E-state index contributed by atoms with van der Waals surface area (Å²) in [6.45, 7) is 16.6. The molecule has 0 spiro atoms. The molecule has 12 bridgehead atoms. The van der Waals surface area contributed by atoms with E-state index in [0.717, 1.165) is 108 Å². The van der Waals surface area contributed by atoms with Gasteiger partial charge in [0.25, 0.3) is 0 Å². The van der Waals surface area contributed by atoms with E-state index >= 15 is 0 Å². The molecule has 5 heteroatoms. The lowest BCUT2D eigenvalue weighted by atomic mass is 9.50. The van der Waals surface area contributed by atoms with Gasteiger partial charge in [0, 0.05) is 6.61 Å². The van der Waals surface area contributed by atoms with E-state index in [1.165, 1.54) is 57.8 Å². The summed E-state index contributed by atoms with van der Waals surface area (Å²) >= 11 is 0. The van der Waals surface area contributed by atoms with Crippen molar-refractivity contribution in [2.24, 2.45) is 130 Å². The Hall–Kier alpha value is -1.10. The normalized spacial score (nSPS) is 59.7. The van der Waals surface area contributed by atoms with E-state index in [0.29, 0.717) is 30.3 Å². The molecule has 0 aromatic carbocycles. The Balaban J connectivity index is 0.000000131. The zero-order valence-electron chi connectivity index (χ0n) is 32.3. The molecule has 50 heavy (non-hydrogen) atoms. The van der Waals surface area contributed by atoms with E-state index < -0.39 is 6.29 Å². The number of esters is 2. The molecule has 12 aliphatic rings. The van der Waals surface area contributed by atoms with Crippen LogP contribution in [0.15, 0.2) is 0 Å². The van der Waals surface area contributed by atoms with Crippen LogP contribution in [0.2, 0.25) is 0 Å². The molecule has 0 radical (unpaired) electrons. The van der Waals surface area contributed by atoms with Crippen molar-refractivity contribution in [3.05, 3.63) is 0 Å². The van der Waals surface area contributed by atoms with Gasteiger partial charge in [0.2, 0.25) is 0 Å². The Morgan fingerprint density at radius 1 is 0.580 bits per heavy atom. The SMILES string of the molecule is CC1C(C)C2CC1C1C3CC(C(=O)OC4(C)C5CC6CC(C5)CC4C6)C(C3)C21.CCOC(C)OC(=O)C1CC2CC1C1C3CC(C(C)C3C)C21. The topological polar surface area (TPSA) is 61.8 Å². The third-order valence-electron chi connectivity index (χ3n) is 20.1. The van der Waals surface area contributed by atoms with E-state index in [1.54, 1.807) is 0 Å². The highest BCUT2D eigenvalue weighted by Gasteiger charge is 2.69. The molecule has 5 nitrogen and oxygen atoms in total. The zero-order chi connectivity index (χ0) is 34.5. The van der Waals surface area contributed by atoms with E-state index in [2.05, 4.69) is 34.6 Å². The summed E-state index contributed by atoms with van der Waals surface area (Å²) in [5.74, 6) is 17.5. The Bertz CT molecular complexity index is 1340. The van der Waals surface area contributed by atoms with Crippen molar-refractivity contribution in [2.45, 2.75) is 131 Å².